The van der Waals surface area contributed by atoms with E-state index < -0.39 is 36.4 Å². The number of alkyl halides is 6. The summed E-state index contributed by atoms with van der Waals surface area (Å²) in [5.41, 5.74) is 0. The lowest BCUT2D eigenvalue weighted by Crippen LogP contribution is -2.40. The minimum absolute atomic E-state index is 0.125. The molecule has 0 saturated carbocycles. The van der Waals surface area contributed by atoms with E-state index in [-0.39, 0.29) is 25.9 Å². The van der Waals surface area contributed by atoms with Crippen molar-refractivity contribution in [2.75, 3.05) is 27.2 Å². The largest absolute Gasteiger partial charge is 0.471 e. The summed E-state index contributed by atoms with van der Waals surface area (Å²) in [6, 6.07) is 0. The molecule has 2 unspecified atom stereocenters. The highest BCUT2D eigenvalue weighted by Gasteiger charge is 2.41. The van der Waals surface area contributed by atoms with Gasteiger partial charge in [0.1, 0.15) is 0 Å². The van der Waals surface area contributed by atoms with Gasteiger partial charge in [-0.15, -0.1) is 0 Å². The van der Waals surface area contributed by atoms with Crippen molar-refractivity contribution in [1.29, 1.82) is 0 Å². The van der Waals surface area contributed by atoms with Crippen LogP contribution in [0.15, 0.2) is 0 Å². The quantitative estimate of drug-likeness (QED) is 0.609. The first kappa shape index (κ1) is 23.5. The molecule has 148 valence electrons. The van der Waals surface area contributed by atoms with E-state index >= 15 is 0 Å². The minimum atomic E-state index is -4.94. The van der Waals surface area contributed by atoms with Gasteiger partial charge in [-0.25, -0.2) is 0 Å². The van der Waals surface area contributed by atoms with Crippen molar-refractivity contribution in [1.82, 2.24) is 9.80 Å². The van der Waals surface area contributed by atoms with Gasteiger partial charge >= 0.3 is 24.2 Å². The van der Waals surface area contributed by atoms with E-state index in [0.29, 0.717) is 9.80 Å². The Morgan fingerprint density at radius 1 is 0.800 bits per heavy atom. The fourth-order valence-corrected chi connectivity index (χ4v) is 1.92. The van der Waals surface area contributed by atoms with E-state index in [4.69, 9.17) is 4.74 Å². The number of carbonyl (C=O) groups excluding carboxylic acids is 2. The molecule has 2 amide bonds. The SMILES string of the molecule is CC(CCN(C)C(=O)C(F)(F)F)OC(C)CCN(C)C(=O)C(F)(F)F. The third kappa shape index (κ3) is 8.94. The molecule has 0 radical (unpaired) electrons. The van der Waals surface area contributed by atoms with Crippen LogP contribution in [0, 0.1) is 0 Å². The molecule has 0 heterocycles. The molecular weight excluding hydrogens is 358 g/mol. The van der Waals surface area contributed by atoms with Crippen molar-refractivity contribution < 1.29 is 40.7 Å². The van der Waals surface area contributed by atoms with Gasteiger partial charge in [-0.1, -0.05) is 0 Å². The molecule has 0 aliphatic heterocycles. The van der Waals surface area contributed by atoms with Gasteiger partial charge in [0.25, 0.3) is 0 Å². The van der Waals surface area contributed by atoms with Gasteiger partial charge in [0.05, 0.1) is 12.2 Å². The number of hydrogen-bond acceptors (Lipinski definition) is 3. The molecule has 2 atom stereocenters. The molecule has 0 aromatic rings. The van der Waals surface area contributed by atoms with Crippen LogP contribution in [0.2, 0.25) is 0 Å². The lowest BCUT2D eigenvalue weighted by molar-refractivity contribution is -0.184. The van der Waals surface area contributed by atoms with Crippen LogP contribution in [0.5, 0.6) is 0 Å². The van der Waals surface area contributed by atoms with Gasteiger partial charge in [-0.05, 0) is 26.7 Å². The van der Waals surface area contributed by atoms with E-state index in [1.54, 1.807) is 13.8 Å². The van der Waals surface area contributed by atoms with Crippen LogP contribution in [-0.2, 0) is 14.3 Å². The maximum absolute atomic E-state index is 12.2. The summed E-state index contributed by atoms with van der Waals surface area (Å²) in [5, 5.41) is 0. The zero-order chi connectivity index (χ0) is 20.0. The maximum atomic E-state index is 12.2. The summed E-state index contributed by atoms with van der Waals surface area (Å²) >= 11 is 0. The number of halogens is 6. The number of amides is 2. The molecule has 0 bridgehead atoms. The first-order chi connectivity index (χ1) is 11.2. The molecule has 5 nitrogen and oxygen atoms in total. The van der Waals surface area contributed by atoms with Gasteiger partial charge in [-0.2, -0.15) is 26.3 Å². The Kier molecular flexibility index (Phi) is 8.69. The summed E-state index contributed by atoms with van der Waals surface area (Å²) in [7, 11) is 2.04. The Morgan fingerprint density at radius 2 is 1.08 bits per heavy atom. The molecule has 25 heavy (non-hydrogen) atoms. The Hall–Kier alpha value is -1.52. The molecule has 11 heteroatoms. The van der Waals surface area contributed by atoms with Crippen molar-refractivity contribution in [3.63, 3.8) is 0 Å². The van der Waals surface area contributed by atoms with E-state index in [2.05, 4.69) is 0 Å². The van der Waals surface area contributed by atoms with Crippen LogP contribution >= 0.6 is 0 Å². The van der Waals surface area contributed by atoms with Crippen LogP contribution in [0.25, 0.3) is 0 Å². The predicted molar refractivity (Wildman–Crippen MR) is 76.6 cm³/mol. The second-order valence-corrected chi connectivity index (χ2v) is 5.78. The Labute approximate surface area is 141 Å². The third-order valence-electron chi connectivity index (χ3n) is 3.39. The second kappa shape index (κ2) is 9.25. The normalized spacial score (nSPS) is 14.8. The summed E-state index contributed by atoms with van der Waals surface area (Å²) in [6.45, 7) is 2.79. The minimum Gasteiger partial charge on any atom is -0.375 e. The van der Waals surface area contributed by atoms with E-state index in [1.807, 2.05) is 0 Å². The van der Waals surface area contributed by atoms with Crippen LogP contribution in [0.3, 0.4) is 0 Å². The Morgan fingerprint density at radius 3 is 1.32 bits per heavy atom. The molecule has 0 aliphatic rings. The molecule has 0 aromatic heterocycles. The summed E-state index contributed by atoms with van der Waals surface area (Å²) in [4.78, 5) is 23.0. The van der Waals surface area contributed by atoms with Crippen LogP contribution in [0.4, 0.5) is 26.3 Å². The molecule has 0 spiro atoms. The molecule has 0 N–H and O–H groups in total. The van der Waals surface area contributed by atoms with Crippen LogP contribution in [0.1, 0.15) is 26.7 Å². The Balaban J connectivity index is 4.21. The van der Waals surface area contributed by atoms with E-state index in [0.717, 1.165) is 14.1 Å². The van der Waals surface area contributed by atoms with Gasteiger partial charge in [0.15, 0.2) is 0 Å². The summed E-state index contributed by atoms with van der Waals surface area (Å²) < 4.78 is 78.8. The summed E-state index contributed by atoms with van der Waals surface area (Å²) in [6.07, 6.45) is -10.7. The molecule has 0 fully saturated rings. The topological polar surface area (TPSA) is 49.9 Å². The standard InChI is InChI=1S/C14H22F6N2O3/c1-9(5-7-21(3)11(23)13(15,16)17)25-10(2)6-8-22(4)12(24)14(18,19)20/h9-10H,5-8H2,1-4H3. The van der Waals surface area contributed by atoms with Crippen molar-refractivity contribution in [3.05, 3.63) is 0 Å². The summed E-state index contributed by atoms with van der Waals surface area (Å²) in [5.74, 6) is -3.92. The molecule has 0 aliphatic carbocycles. The zero-order valence-corrected chi connectivity index (χ0v) is 14.4. The van der Waals surface area contributed by atoms with E-state index in [1.165, 1.54) is 0 Å². The molecule has 0 saturated heterocycles. The number of ether oxygens (including phenoxy) is 1. The Bertz CT molecular complexity index is 413. The monoisotopic (exact) mass is 380 g/mol. The first-order valence-electron chi connectivity index (χ1n) is 7.46. The molecule has 0 rings (SSSR count). The fourth-order valence-electron chi connectivity index (χ4n) is 1.92. The third-order valence-corrected chi connectivity index (χ3v) is 3.39. The van der Waals surface area contributed by atoms with Gasteiger partial charge in [0.2, 0.25) is 0 Å². The predicted octanol–water partition coefficient (Wildman–Crippen LogP) is 2.60. The fraction of sp³-hybridized carbons (Fsp3) is 0.857. The average Bonchev–Trinajstić information content (AvgIpc) is 2.46. The number of rotatable bonds is 8. The molecule has 0 aromatic carbocycles. The van der Waals surface area contributed by atoms with Gasteiger partial charge in [-0.3, -0.25) is 9.59 Å². The number of hydrogen-bond donors (Lipinski definition) is 0. The maximum Gasteiger partial charge on any atom is 0.471 e. The lowest BCUT2D eigenvalue weighted by Gasteiger charge is -2.25. The first-order valence-corrected chi connectivity index (χ1v) is 7.46. The highest BCUT2D eigenvalue weighted by atomic mass is 19.4. The lowest BCUT2D eigenvalue weighted by atomic mass is 10.2. The molecular formula is C14H22F6N2O3. The zero-order valence-electron chi connectivity index (χ0n) is 14.4. The van der Waals surface area contributed by atoms with Gasteiger partial charge in [0, 0.05) is 27.2 Å². The number of nitrogens with zero attached hydrogens (tertiary/aromatic N) is 2. The van der Waals surface area contributed by atoms with Crippen molar-refractivity contribution in [2.45, 2.75) is 51.2 Å². The van der Waals surface area contributed by atoms with Crippen molar-refractivity contribution in [3.8, 4) is 0 Å². The highest BCUT2D eigenvalue weighted by Crippen LogP contribution is 2.19. The van der Waals surface area contributed by atoms with Crippen LogP contribution < -0.4 is 0 Å². The van der Waals surface area contributed by atoms with Crippen LogP contribution in [-0.4, -0.2) is 73.4 Å². The van der Waals surface area contributed by atoms with E-state index in [9.17, 15) is 35.9 Å². The van der Waals surface area contributed by atoms with Crippen molar-refractivity contribution >= 4 is 11.8 Å². The highest BCUT2D eigenvalue weighted by molar-refractivity contribution is 5.81. The number of carbonyl (C=O) groups is 2. The second-order valence-electron chi connectivity index (χ2n) is 5.78. The van der Waals surface area contributed by atoms with Gasteiger partial charge < -0.3 is 14.5 Å². The van der Waals surface area contributed by atoms with Crippen molar-refractivity contribution in [2.24, 2.45) is 0 Å². The average molecular weight is 380 g/mol. The smallest absolute Gasteiger partial charge is 0.375 e.